The third-order valence-electron chi connectivity index (χ3n) is 0.822. The quantitative estimate of drug-likeness (QED) is 0.470. The normalized spacial score (nSPS) is 11.6. The number of carbonyl (C=O) groups is 2. The van der Waals surface area contributed by atoms with E-state index in [0.29, 0.717) is 0 Å². The van der Waals surface area contributed by atoms with Crippen LogP contribution in [-0.4, -0.2) is 25.0 Å². The van der Waals surface area contributed by atoms with Gasteiger partial charge in [0.15, 0.2) is 0 Å². The van der Waals surface area contributed by atoms with Gasteiger partial charge < -0.3 is 14.2 Å². The Bertz CT molecular complexity index is 165. The first-order chi connectivity index (χ1) is 5.56. The van der Waals surface area contributed by atoms with Gasteiger partial charge in [-0.2, -0.15) is 0 Å². The summed E-state index contributed by atoms with van der Waals surface area (Å²) in [5, 5.41) is 0. The highest BCUT2D eigenvalue weighted by Gasteiger charge is 2.11. The van der Waals surface area contributed by atoms with Crippen molar-refractivity contribution >= 4 is 12.1 Å². The van der Waals surface area contributed by atoms with E-state index in [-0.39, 0.29) is 6.61 Å². The Morgan fingerprint density at radius 2 is 2.00 bits per heavy atom. The molecule has 69 valence electrons. The molecule has 0 bridgehead atoms. The molecule has 0 aliphatic heterocycles. The Hall–Kier alpha value is -1.26. The van der Waals surface area contributed by atoms with Crippen LogP contribution in [0.3, 0.4) is 0 Å². The molecule has 0 heterocycles. The number of esters is 1. The maximum atomic E-state index is 10.6. The van der Waals surface area contributed by atoms with Crippen LogP contribution in [-0.2, 0) is 19.0 Å². The summed E-state index contributed by atoms with van der Waals surface area (Å²) in [6.07, 6.45) is -1.83. The third-order valence-corrected chi connectivity index (χ3v) is 0.822. The minimum Gasteiger partial charge on any atom is -0.435 e. The average Bonchev–Trinajstić information content (AvgIpc) is 1.84. The lowest BCUT2D eigenvalue weighted by Crippen LogP contribution is -2.20. The summed E-state index contributed by atoms with van der Waals surface area (Å²) in [7, 11) is 0. The molecule has 0 amide bonds. The van der Waals surface area contributed by atoms with Crippen molar-refractivity contribution in [2.45, 2.75) is 20.1 Å². The summed E-state index contributed by atoms with van der Waals surface area (Å²) in [4.78, 5) is 20.8. The predicted octanol–water partition coefficient (Wildman–Crippen LogP) is 0.883. The van der Waals surface area contributed by atoms with Crippen LogP contribution in [0.25, 0.3) is 0 Å². The molecule has 0 saturated heterocycles. The molecule has 0 aliphatic rings. The SMILES string of the molecule is [CH2]C(=O)OC(C)OC(=O)OCC. The van der Waals surface area contributed by atoms with E-state index in [1.165, 1.54) is 6.92 Å². The van der Waals surface area contributed by atoms with Crippen LogP contribution in [0.4, 0.5) is 4.79 Å². The average molecular weight is 175 g/mol. The van der Waals surface area contributed by atoms with Crippen LogP contribution >= 0.6 is 0 Å². The van der Waals surface area contributed by atoms with Gasteiger partial charge >= 0.3 is 12.1 Å². The zero-order valence-corrected chi connectivity index (χ0v) is 7.03. The van der Waals surface area contributed by atoms with Crippen molar-refractivity contribution in [2.24, 2.45) is 0 Å². The van der Waals surface area contributed by atoms with Gasteiger partial charge in [-0.1, -0.05) is 0 Å². The standard InChI is InChI=1S/C7H11O5/c1-4-10-7(9)12-6(3)11-5(2)8/h6H,2,4H2,1,3H3. The van der Waals surface area contributed by atoms with Crippen molar-refractivity contribution in [1.82, 2.24) is 0 Å². The third kappa shape index (κ3) is 5.52. The Kier molecular flexibility index (Phi) is 4.83. The second-order valence-corrected chi connectivity index (χ2v) is 1.86. The molecule has 0 aromatic carbocycles. The molecular formula is C7H11O5. The number of hydrogen-bond acceptors (Lipinski definition) is 5. The summed E-state index contributed by atoms with van der Waals surface area (Å²) in [6, 6.07) is 0. The molecule has 0 rings (SSSR count). The number of hydrogen-bond donors (Lipinski definition) is 0. The molecule has 12 heavy (non-hydrogen) atoms. The van der Waals surface area contributed by atoms with E-state index < -0.39 is 18.4 Å². The second kappa shape index (κ2) is 5.40. The summed E-state index contributed by atoms with van der Waals surface area (Å²) >= 11 is 0. The second-order valence-electron chi connectivity index (χ2n) is 1.86. The minimum atomic E-state index is -0.964. The first-order valence-corrected chi connectivity index (χ1v) is 3.42. The molecule has 5 heteroatoms. The molecule has 5 nitrogen and oxygen atoms in total. The monoisotopic (exact) mass is 175 g/mol. The van der Waals surface area contributed by atoms with Crippen molar-refractivity contribution in [2.75, 3.05) is 6.61 Å². The highest BCUT2D eigenvalue weighted by molar-refractivity contribution is 5.74. The van der Waals surface area contributed by atoms with Crippen molar-refractivity contribution in [3.8, 4) is 0 Å². The fourth-order valence-corrected chi connectivity index (χ4v) is 0.497. The molecule has 0 N–H and O–H groups in total. The molecule has 1 radical (unpaired) electrons. The molecule has 0 fully saturated rings. The predicted molar refractivity (Wildman–Crippen MR) is 39.0 cm³/mol. The van der Waals surface area contributed by atoms with Crippen LogP contribution in [0, 0.1) is 6.92 Å². The molecule has 1 unspecified atom stereocenters. The lowest BCUT2D eigenvalue weighted by Gasteiger charge is -2.11. The fraction of sp³-hybridized carbons (Fsp3) is 0.571. The molecule has 1 atom stereocenters. The molecular weight excluding hydrogens is 164 g/mol. The smallest absolute Gasteiger partial charge is 0.435 e. The molecule has 0 aromatic rings. The van der Waals surface area contributed by atoms with Gasteiger partial charge in [0.2, 0.25) is 6.29 Å². The maximum Gasteiger partial charge on any atom is 0.511 e. The van der Waals surface area contributed by atoms with E-state index in [9.17, 15) is 9.59 Å². The first kappa shape index (κ1) is 10.7. The molecule has 0 aromatic heterocycles. The van der Waals surface area contributed by atoms with Crippen LogP contribution in [0.15, 0.2) is 0 Å². The van der Waals surface area contributed by atoms with Crippen molar-refractivity contribution in [1.29, 1.82) is 0 Å². The Morgan fingerprint density at radius 1 is 1.42 bits per heavy atom. The van der Waals surface area contributed by atoms with Gasteiger partial charge in [-0.15, -0.1) is 0 Å². The minimum absolute atomic E-state index is 0.212. The van der Waals surface area contributed by atoms with Gasteiger partial charge in [-0.3, -0.25) is 4.79 Å². The Labute approximate surface area is 70.6 Å². The molecule has 0 saturated carbocycles. The first-order valence-electron chi connectivity index (χ1n) is 3.42. The highest BCUT2D eigenvalue weighted by Crippen LogP contribution is 1.96. The topological polar surface area (TPSA) is 61.8 Å². The number of rotatable bonds is 3. The van der Waals surface area contributed by atoms with Gasteiger partial charge in [0, 0.05) is 6.92 Å². The van der Waals surface area contributed by atoms with Gasteiger partial charge in [0.05, 0.1) is 13.5 Å². The van der Waals surface area contributed by atoms with E-state index in [4.69, 9.17) is 0 Å². The number of carbonyl (C=O) groups excluding carboxylic acids is 2. The van der Waals surface area contributed by atoms with Gasteiger partial charge in [-0.25, -0.2) is 4.79 Å². The largest absolute Gasteiger partial charge is 0.511 e. The lowest BCUT2D eigenvalue weighted by atomic mass is 10.7. The van der Waals surface area contributed by atoms with E-state index in [1.807, 2.05) is 0 Å². The summed E-state index contributed by atoms with van der Waals surface area (Å²) < 4.78 is 13.3. The number of ether oxygens (including phenoxy) is 3. The summed E-state index contributed by atoms with van der Waals surface area (Å²) in [5.74, 6) is -0.758. The van der Waals surface area contributed by atoms with Gasteiger partial charge in [-0.05, 0) is 6.92 Å². The molecule has 0 aliphatic carbocycles. The Balaban J connectivity index is 3.61. The fourth-order valence-electron chi connectivity index (χ4n) is 0.497. The van der Waals surface area contributed by atoms with Crippen molar-refractivity contribution in [3.05, 3.63) is 6.92 Å². The van der Waals surface area contributed by atoms with E-state index in [1.54, 1.807) is 6.92 Å². The summed E-state index contributed by atoms with van der Waals surface area (Å²) in [5.41, 5.74) is 0. The van der Waals surface area contributed by atoms with Crippen LogP contribution in [0.1, 0.15) is 13.8 Å². The van der Waals surface area contributed by atoms with Crippen LogP contribution in [0.5, 0.6) is 0 Å². The maximum absolute atomic E-state index is 10.6. The van der Waals surface area contributed by atoms with Crippen molar-refractivity contribution in [3.63, 3.8) is 0 Å². The highest BCUT2D eigenvalue weighted by atomic mass is 16.8. The van der Waals surface area contributed by atoms with E-state index >= 15 is 0 Å². The zero-order chi connectivity index (χ0) is 9.56. The van der Waals surface area contributed by atoms with Crippen LogP contribution < -0.4 is 0 Å². The van der Waals surface area contributed by atoms with E-state index in [2.05, 4.69) is 21.1 Å². The Morgan fingerprint density at radius 3 is 2.42 bits per heavy atom. The lowest BCUT2D eigenvalue weighted by molar-refractivity contribution is -0.162. The van der Waals surface area contributed by atoms with Gasteiger partial charge in [0.25, 0.3) is 0 Å². The van der Waals surface area contributed by atoms with Crippen LogP contribution in [0.2, 0.25) is 0 Å². The summed E-state index contributed by atoms with van der Waals surface area (Å²) in [6.45, 7) is 6.18. The van der Waals surface area contributed by atoms with E-state index in [0.717, 1.165) is 0 Å². The zero-order valence-electron chi connectivity index (χ0n) is 7.03. The van der Waals surface area contributed by atoms with Crippen molar-refractivity contribution < 1.29 is 23.8 Å². The molecule has 0 spiro atoms. The van der Waals surface area contributed by atoms with Gasteiger partial charge in [0.1, 0.15) is 0 Å².